The topological polar surface area (TPSA) is 43.4 Å². The second kappa shape index (κ2) is 7.11. The van der Waals surface area contributed by atoms with Crippen molar-refractivity contribution in [3.63, 3.8) is 0 Å². The molecule has 0 saturated carbocycles. The molecule has 0 saturated heterocycles. The van der Waals surface area contributed by atoms with Crippen molar-refractivity contribution < 1.29 is 14.3 Å². The minimum absolute atomic E-state index is 0.419. The number of hydrogen-bond donors (Lipinski definition) is 0. The number of esters is 1. The average molecular weight is 386 g/mol. The molecule has 0 bridgehead atoms. The zero-order valence-corrected chi connectivity index (χ0v) is 14.1. The minimum atomic E-state index is -0.440. The summed E-state index contributed by atoms with van der Waals surface area (Å²) in [6, 6.07) is 10.3. The molecule has 0 heterocycles. The Morgan fingerprint density at radius 1 is 1.33 bits per heavy atom. The number of benzene rings is 2. The molecule has 0 atom stereocenters. The third kappa shape index (κ3) is 3.67. The fourth-order valence-electron chi connectivity index (χ4n) is 1.70. The van der Waals surface area contributed by atoms with Crippen molar-refractivity contribution in [1.29, 1.82) is 0 Å². The first kappa shape index (κ1) is 16.1. The van der Waals surface area contributed by atoms with Crippen molar-refractivity contribution in [2.75, 3.05) is 7.11 Å². The Morgan fingerprint density at radius 3 is 2.76 bits per heavy atom. The first-order valence-electron chi connectivity index (χ1n) is 5.86. The van der Waals surface area contributed by atoms with Crippen LogP contribution in [0.2, 0.25) is 5.02 Å². The van der Waals surface area contributed by atoms with E-state index in [1.165, 1.54) is 18.9 Å². The van der Waals surface area contributed by atoms with Crippen LogP contribution in [0.25, 0.3) is 0 Å². The molecule has 0 spiro atoms. The molecule has 2 rings (SSSR count). The highest BCUT2D eigenvalue weighted by atomic mass is 79.9. The Hall–Kier alpha value is -1.30. The highest BCUT2D eigenvalue weighted by Crippen LogP contribution is 2.38. The van der Waals surface area contributed by atoms with Crippen LogP contribution in [0.15, 0.2) is 50.7 Å². The smallest absolute Gasteiger partial charge is 0.339 e. The first-order chi connectivity index (χ1) is 10.1. The lowest BCUT2D eigenvalue weighted by Crippen LogP contribution is -2.03. The van der Waals surface area contributed by atoms with E-state index >= 15 is 0 Å². The van der Waals surface area contributed by atoms with Crippen molar-refractivity contribution in [3.8, 4) is 0 Å². The number of aldehydes is 1. The molecule has 0 aliphatic rings. The molecule has 3 nitrogen and oxygen atoms in total. The highest BCUT2D eigenvalue weighted by Gasteiger charge is 2.16. The average Bonchev–Trinajstić information content (AvgIpc) is 2.48. The van der Waals surface area contributed by atoms with Gasteiger partial charge in [0, 0.05) is 19.8 Å². The zero-order valence-electron chi connectivity index (χ0n) is 10.9. The van der Waals surface area contributed by atoms with Gasteiger partial charge in [0.25, 0.3) is 0 Å². The van der Waals surface area contributed by atoms with Crippen molar-refractivity contribution in [2.24, 2.45) is 0 Å². The third-order valence-corrected chi connectivity index (χ3v) is 4.82. The lowest BCUT2D eigenvalue weighted by Gasteiger charge is -2.11. The molecule has 0 aliphatic heterocycles. The fraction of sp³-hybridized carbons (Fsp3) is 0.0667. The van der Waals surface area contributed by atoms with E-state index in [0.717, 1.165) is 10.8 Å². The monoisotopic (exact) mass is 384 g/mol. The van der Waals surface area contributed by atoms with Gasteiger partial charge in [-0.15, -0.1) is 0 Å². The molecule has 0 fully saturated rings. The number of carbonyl (C=O) groups excluding carboxylic acids is 2. The van der Waals surface area contributed by atoms with Gasteiger partial charge in [0.1, 0.15) is 0 Å². The number of carbonyl (C=O) groups is 2. The molecule has 2 aromatic carbocycles. The van der Waals surface area contributed by atoms with Gasteiger partial charge in [0.15, 0.2) is 6.29 Å². The van der Waals surface area contributed by atoms with Crippen LogP contribution in [0.5, 0.6) is 0 Å². The van der Waals surface area contributed by atoms with E-state index in [9.17, 15) is 9.59 Å². The largest absolute Gasteiger partial charge is 0.465 e. The maximum Gasteiger partial charge on any atom is 0.339 e. The number of methoxy groups -OCH3 is 1. The molecule has 6 heteroatoms. The van der Waals surface area contributed by atoms with Gasteiger partial charge in [-0.2, -0.15) is 0 Å². The van der Waals surface area contributed by atoms with E-state index in [4.69, 9.17) is 16.3 Å². The number of halogens is 2. The van der Waals surface area contributed by atoms with Crippen LogP contribution < -0.4 is 0 Å². The molecular formula is C15H10BrClO3S. The summed E-state index contributed by atoms with van der Waals surface area (Å²) in [5.74, 6) is -0.440. The second-order valence-corrected chi connectivity index (χ2v) is 6.39. The molecule has 2 aromatic rings. The van der Waals surface area contributed by atoms with E-state index in [1.54, 1.807) is 36.4 Å². The van der Waals surface area contributed by atoms with E-state index in [-0.39, 0.29) is 0 Å². The van der Waals surface area contributed by atoms with Crippen LogP contribution in [0.3, 0.4) is 0 Å². The Morgan fingerprint density at radius 2 is 2.10 bits per heavy atom. The Bertz CT molecular complexity index is 703. The number of ether oxygens (including phenoxy) is 1. The quantitative estimate of drug-likeness (QED) is 0.557. The van der Waals surface area contributed by atoms with Gasteiger partial charge in [-0.1, -0.05) is 51.4 Å². The molecule has 0 N–H and O–H groups in total. The van der Waals surface area contributed by atoms with E-state index in [2.05, 4.69) is 15.9 Å². The van der Waals surface area contributed by atoms with Crippen molar-refractivity contribution in [2.45, 2.75) is 9.79 Å². The predicted octanol–water partition coefficient (Wildman–Crippen LogP) is 4.85. The van der Waals surface area contributed by atoms with Crippen molar-refractivity contribution >= 4 is 51.5 Å². The number of rotatable bonds is 4. The van der Waals surface area contributed by atoms with Crippen molar-refractivity contribution in [3.05, 3.63) is 57.0 Å². The molecular weight excluding hydrogens is 376 g/mol. The van der Waals surface area contributed by atoms with Gasteiger partial charge < -0.3 is 4.74 Å². The van der Waals surface area contributed by atoms with Crippen LogP contribution >= 0.6 is 39.3 Å². The fourth-order valence-corrected chi connectivity index (χ4v) is 3.57. The van der Waals surface area contributed by atoms with Crippen molar-refractivity contribution in [1.82, 2.24) is 0 Å². The van der Waals surface area contributed by atoms with E-state index < -0.39 is 5.97 Å². The lowest BCUT2D eigenvalue weighted by molar-refractivity contribution is 0.0596. The summed E-state index contributed by atoms with van der Waals surface area (Å²) >= 11 is 10.8. The predicted molar refractivity (Wildman–Crippen MR) is 86.4 cm³/mol. The van der Waals surface area contributed by atoms with E-state index in [0.29, 0.717) is 25.9 Å². The lowest BCUT2D eigenvalue weighted by atomic mass is 10.2. The summed E-state index contributed by atoms with van der Waals surface area (Å²) in [7, 11) is 1.32. The summed E-state index contributed by atoms with van der Waals surface area (Å²) < 4.78 is 5.59. The zero-order chi connectivity index (χ0) is 15.4. The van der Waals surface area contributed by atoms with Gasteiger partial charge in [0.2, 0.25) is 0 Å². The maximum atomic E-state index is 11.8. The molecule has 0 aromatic heterocycles. The molecule has 21 heavy (non-hydrogen) atoms. The van der Waals surface area contributed by atoms with E-state index in [1.807, 2.05) is 0 Å². The summed E-state index contributed by atoms with van der Waals surface area (Å²) in [5.41, 5.74) is 0.894. The number of hydrogen-bond acceptors (Lipinski definition) is 4. The normalized spacial score (nSPS) is 10.2. The van der Waals surface area contributed by atoms with Crippen LogP contribution in [0.1, 0.15) is 20.7 Å². The van der Waals surface area contributed by atoms with Gasteiger partial charge in [-0.05, 0) is 24.3 Å². The third-order valence-electron chi connectivity index (χ3n) is 2.69. The molecule has 0 aliphatic carbocycles. The maximum absolute atomic E-state index is 11.8. The first-order valence-corrected chi connectivity index (χ1v) is 7.85. The van der Waals surface area contributed by atoms with Gasteiger partial charge in [-0.3, -0.25) is 4.79 Å². The molecule has 0 unspecified atom stereocenters. The highest BCUT2D eigenvalue weighted by molar-refractivity contribution is 9.10. The summed E-state index contributed by atoms with van der Waals surface area (Å²) in [4.78, 5) is 24.2. The van der Waals surface area contributed by atoms with Gasteiger partial charge >= 0.3 is 5.97 Å². The summed E-state index contributed by atoms with van der Waals surface area (Å²) in [5, 5.41) is 0.459. The minimum Gasteiger partial charge on any atom is -0.465 e. The Labute approximate surface area is 139 Å². The summed E-state index contributed by atoms with van der Waals surface area (Å²) in [6.45, 7) is 0. The van der Waals surface area contributed by atoms with Crippen LogP contribution in [-0.4, -0.2) is 19.4 Å². The van der Waals surface area contributed by atoms with Gasteiger partial charge in [0.05, 0.1) is 17.7 Å². The second-order valence-electron chi connectivity index (χ2n) is 4.01. The standard InChI is InChI=1S/C15H10BrClO3S/c1-20-15(19)11-6-5-10(16)7-13(11)21-14-9(8-18)3-2-4-12(14)17/h2-8H,1H3. The van der Waals surface area contributed by atoms with Crippen LogP contribution in [0.4, 0.5) is 0 Å². The molecule has 0 radical (unpaired) electrons. The Kier molecular flexibility index (Phi) is 5.45. The Balaban J connectivity index is 2.51. The molecule has 0 amide bonds. The van der Waals surface area contributed by atoms with Crippen LogP contribution in [-0.2, 0) is 4.74 Å². The van der Waals surface area contributed by atoms with Crippen LogP contribution in [0, 0.1) is 0 Å². The summed E-state index contributed by atoms with van der Waals surface area (Å²) in [6.07, 6.45) is 0.740. The van der Waals surface area contributed by atoms with Gasteiger partial charge in [-0.25, -0.2) is 4.79 Å². The SMILES string of the molecule is COC(=O)c1ccc(Br)cc1Sc1c(Cl)cccc1C=O. The molecule has 108 valence electrons.